The standard InChI is InChI=1S/C21H23FN2O3/c22-18-10-8-17(9-11-18)21(12-4-5-13-21)24-19(25)14-23-20(26)27-15-16-6-2-1-3-7-16/h1-3,6-11H,4-5,12-15H2,(H,23,26)(H,24,25). The van der Waals surface area contributed by atoms with Crippen LogP contribution in [0.5, 0.6) is 0 Å². The Bertz CT molecular complexity index is 772. The highest BCUT2D eigenvalue weighted by molar-refractivity contribution is 5.82. The number of carbonyl (C=O) groups is 2. The maximum absolute atomic E-state index is 13.2. The third kappa shape index (κ3) is 5.06. The molecule has 0 radical (unpaired) electrons. The van der Waals surface area contributed by atoms with Crippen molar-refractivity contribution in [2.24, 2.45) is 0 Å². The summed E-state index contributed by atoms with van der Waals surface area (Å²) in [7, 11) is 0. The van der Waals surface area contributed by atoms with Gasteiger partial charge >= 0.3 is 6.09 Å². The third-order valence-electron chi connectivity index (χ3n) is 4.84. The molecule has 1 fully saturated rings. The summed E-state index contributed by atoms with van der Waals surface area (Å²) in [5, 5.41) is 5.50. The van der Waals surface area contributed by atoms with Gasteiger partial charge in [0.15, 0.2) is 0 Å². The molecular weight excluding hydrogens is 347 g/mol. The van der Waals surface area contributed by atoms with Gasteiger partial charge in [-0.05, 0) is 36.1 Å². The number of benzene rings is 2. The lowest BCUT2D eigenvalue weighted by Crippen LogP contribution is -2.48. The number of rotatable bonds is 6. The lowest BCUT2D eigenvalue weighted by molar-refractivity contribution is -0.122. The molecule has 0 saturated heterocycles. The van der Waals surface area contributed by atoms with E-state index < -0.39 is 11.6 Å². The fourth-order valence-corrected chi connectivity index (χ4v) is 3.47. The molecule has 5 nitrogen and oxygen atoms in total. The largest absolute Gasteiger partial charge is 0.445 e. The van der Waals surface area contributed by atoms with Crippen LogP contribution < -0.4 is 10.6 Å². The van der Waals surface area contributed by atoms with Gasteiger partial charge in [-0.3, -0.25) is 4.79 Å². The Balaban J connectivity index is 1.51. The van der Waals surface area contributed by atoms with Gasteiger partial charge < -0.3 is 15.4 Å². The van der Waals surface area contributed by atoms with E-state index >= 15 is 0 Å². The van der Waals surface area contributed by atoms with Gasteiger partial charge in [0.2, 0.25) is 5.91 Å². The van der Waals surface area contributed by atoms with Gasteiger partial charge in [0.25, 0.3) is 0 Å². The minimum absolute atomic E-state index is 0.147. The zero-order valence-electron chi connectivity index (χ0n) is 15.0. The summed E-state index contributed by atoms with van der Waals surface area (Å²) in [5.41, 5.74) is 1.26. The SMILES string of the molecule is O=C(CNC(=O)OCc1ccccc1)NC1(c2ccc(F)cc2)CCCC1. The molecule has 2 aromatic carbocycles. The van der Waals surface area contributed by atoms with Crippen molar-refractivity contribution in [1.29, 1.82) is 0 Å². The van der Waals surface area contributed by atoms with E-state index in [9.17, 15) is 14.0 Å². The van der Waals surface area contributed by atoms with E-state index in [0.717, 1.165) is 36.8 Å². The van der Waals surface area contributed by atoms with Crippen molar-refractivity contribution >= 4 is 12.0 Å². The smallest absolute Gasteiger partial charge is 0.407 e. The van der Waals surface area contributed by atoms with Crippen LogP contribution in [0.25, 0.3) is 0 Å². The zero-order valence-corrected chi connectivity index (χ0v) is 15.0. The maximum Gasteiger partial charge on any atom is 0.407 e. The molecule has 1 saturated carbocycles. The van der Waals surface area contributed by atoms with Crippen molar-refractivity contribution < 1.29 is 18.7 Å². The molecule has 142 valence electrons. The first kappa shape index (κ1) is 18.9. The second kappa shape index (κ2) is 8.66. The van der Waals surface area contributed by atoms with Gasteiger partial charge in [0.1, 0.15) is 19.0 Å². The average Bonchev–Trinajstić information content (AvgIpc) is 3.15. The molecule has 2 amide bonds. The molecule has 0 aliphatic heterocycles. The topological polar surface area (TPSA) is 67.4 Å². The molecule has 0 heterocycles. The lowest BCUT2D eigenvalue weighted by atomic mass is 9.88. The van der Waals surface area contributed by atoms with E-state index in [1.807, 2.05) is 30.3 Å². The second-order valence-corrected chi connectivity index (χ2v) is 6.76. The molecule has 27 heavy (non-hydrogen) atoms. The van der Waals surface area contributed by atoms with Gasteiger partial charge in [0.05, 0.1) is 5.54 Å². The minimum atomic E-state index is -0.642. The Morgan fingerprint density at radius 2 is 1.67 bits per heavy atom. The first-order valence-corrected chi connectivity index (χ1v) is 9.09. The van der Waals surface area contributed by atoms with E-state index in [0.29, 0.717) is 0 Å². The van der Waals surface area contributed by atoms with E-state index in [-0.39, 0.29) is 24.9 Å². The predicted octanol–water partition coefficient (Wildman–Crippen LogP) is 3.64. The summed E-state index contributed by atoms with van der Waals surface area (Å²) >= 11 is 0. The van der Waals surface area contributed by atoms with Crippen LogP contribution in [0.15, 0.2) is 54.6 Å². The molecule has 0 unspecified atom stereocenters. The van der Waals surface area contributed by atoms with Crippen molar-refractivity contribution in [3.05, 3.63) is 71.5 Å². The normalized spacial score (nSPS) is 15.1. The van der Waals surface area contributed by atoms with Crippen LogP contribution in [0.4, 0.5) is 9.18 Å². The highest BCUT2D eigenvalue weighted by atomic mass is 19.1. The Morgan fingerprint density at radius 3 is 2.33 bits per heavy atom. The highest BCUT2D eigenvalue weighted by Crippen LogP contribution is 2.38. The van der Waals surface area contributed by atoms with Crippen LogP contribution in [0.3, 0.4) is 0 Å². The molecular formula is C21H23FN2O3. The van der Waals surface area contributed by atoms with Crippen molar-refractivity contribution in [2.45, 2.75) is 37.8 Å². The first-order valence-electron chi connectivity index (χ1n) is 9.09. The zero-order chi connectivity index (χ0) is 19.1. The fraction of sp³-hybridized carbons (Fsp3) is 0.333. The highest BCUT2D eigenvalue weighted by Gasteiger charge is 2.36. The molecule has 2 N–H and O–H groups in total. The predicted molar refractivity (Wildman–Crippen MR) is 99.3 cm³/mol. The van der Waals surface area contributed by atoms with Crippen LogP contribution in [-0.2, 0) is 21.7 Å². The van der Waals surface area contributed by atoms with Crippen LogP contribution >= 0.6 is 0 Å². The van der Waals surface area contributed by atoms with Crippen molar-refractivity contribution in [3.63, 3.8) is 0 Å². The quantitative estimate of drug-likeness (QED) is 0.816. The maximum atomic E-state index is 13.2. The first-order chi connectivity index (χ1) is 13.1. The van der Waals surface area contributed by atoms with Crippen LogP contribution in [-0.4, -0.2) is 18.5 Å². The van der Waals surface area contributed by atoms with Gasteiger partial charge in [0, 0.05) is 0 Å². The summed E-state index contributed by atoms with van der Waals surface area (Å²) < 4.78 is 18.3. The number of carbonyl (C=O) groups excluding carboxylic acids is 2. The summed E-state index contributed by atoms with van der Waals surface area (Å²) in [6.45, 7) is -0.0234. The van der Waals surface area contributed by atoms with E-state index in [1.165, 1.54) is 12.1 Å². The van der Waals surface area contributed by atoms with Gasteiger partial charge in [-0.2, -0.15) is 0 Å². The Labute approximate surface area is 157 Å². The number of hydrogen-bond acceptors (Lipinski definition) is 3. The molecule has 0 aromatic heterocycles. The summed E-state index contributed by atoms with van der Waals surface area (Å²) in [6, 6.07) is 15.5. The van der Waals surface area contributed by atoms with Crippen molar-refractivity contribution in [1.82, 2.24) is 10.6 Å². The summed E-state index contributed by atoms with van der Waals surface area (Å²) in [4.78, 5) is 24.2. The molecule has 0 spiro atoms. The molecule has 0 atom stereocenters. The average molecular weight is 370 g/mol. The van der Waals surface area contributed by atoms with Crippen LogP contribution in [0.2, 0.25) is 0 Å². The minimum Gasteiger partial charge on any atom is -0.445 e. The number of ether oxygens (including phenoxy) is 1. The van der Waals surface area contributed by atoms with Gasteiger partial charge in [-0.15, -0.1) is 0 Å². The van der Waals surface area contributed by atoms with Crippen LogP contribution in [0, 0.1) is 5.82 Å². The Hall–Kier alpha value is -2.89. The van der Waals surface area contributed by atoms with Gasteiger partial charge in [-0.1, -0.05) is 55.3 Å². The Morgan fingerprint density at radius 1 is 1.00 bits per heavy atom. The summed E-state index contributed by atoms with van der Waals surface area (Å²) in [5.74, 6) is -0.598. The summed E-state index contributed by atoms with van der Waals surface area (Å²) in [6.07, 6.45) is 2.93. The molecule has 6 heteroatoms. The van der Waals surface area contributed by atoms with Gasteiger partial charge in [-0.25, -0.2) is 9.18 Å². The molecule has 1 aliphatic rings. The molecule has 2 aromatic rings. The van der Waals surface area contributed by atoms with E-state index in [1.54, 1.807) is 12.1 Å². The number of nitrogens with one attached hydrogen (secondary N) is 2. The fourth-order valence-electron chi connectivity index (χ4n) is 3.47. The Kier molecular flexibility index (Phi) is 6.06. The number of hydrogen-bond donors (Lipinski definition) is 2. The molecule has 0 bridgehead atoms. The lowest BCUT2D eigenvalue weighted by Gasteiger charge is -2.31. The molecule has 3 rings (SSSR count). The van der Waals surface area contributed by atoms with Crippen molar-refractivity contribution in [3.8, 4) is 0 Å². The number of halogens is 1. The second-order valence-electron chi connectivity index (χ2n) is 6.76. The number of alkyl carbamates (subject to hydrolysis) is 1. The van der Waals surface area contributed by atoms with Crippen LogP contribution in [0.1, 0.15) is 36.8 Å². The number of amides is 2. The third-order valence-corrected chi connectivity index (χ3v) is 4.84. The monoisotopic (exact) mass is 370 g/mol. The van der Waals surface area contributed by atoms with E-state index in [4.69, 9.17) is 4.74 Å². The van der Waals surface area contributed by atoms with Crippen molar-refractivity contribution in [2.75, 3.05) is 6.54 Å². The van der Waals surface area contributed by atoms with E-state index in [2.05, 4.69) is 10.6 Å². The molecule has 1 aliphatic carbocycles.